The lowest BCUT2D eigenvalue weighted by atomic mass is 9.96. The molecule has 0 radical (unpaired) electrons. The zero-order valence-corrected chi connectivity index (χ0v) is 13.5. The van der Waals surface area contributed by atoms with Gasteiger partial charge < -0.3 is 4.74 Å². The number of aryl methyl sites for hydroxylation is 2. The Morgan fingerprint density at radius 3 is 2.55 bits per heavy atom. The molecule has 4 heteroatoms. The Bertz CT molecular complexity index is 613. The Kier molecular flexibility index (Phi) is 4.81. The van der Waals surface area contributed by atoms with E-state index in [0.717, 1.165) is 21.3 Å². The molecule has 0 aliphatic carbocycles. The maximum absolute atomic E-state index is 5.80. The third-order valence-corrected chi connectivity index (χ3v) is 4.48. The molecular formula is C16H19BrN2O. The van der Waals surface area contributed by atoms with Crippen molar-refractivity contribution in [3.05, 3.63) is 63.1 Å². The summed E-state index contributed by atoms with van der Waals surface area (Å²) in [6.45, 7) is 4.12. The highest BCUT2D eigenvalue weighted by atomic mass is 79.9. The first-order chi connectivity index (χ1) is 9.58. The summed E-state index contributed by atoms with van der Waals surface area (Å²) in [7, 11) is 1.67. The topological polar surface area (TPSA) is 47.3 Å². The summed E-state index contributed by atoms with van der Waals surface area (Å²) in [5.74, 6) is 6.63. The third-order valence-electron chi connectivity index (χ3n) is 3.40. The molecule has 0 aliphatic heterocycles. The second-order valence-electron chi connectivity index (χ2n) is 4.82. The predicted octanol–water partition coefficient (Wildman–Crippen LogP) is 3.63. The van der Waals surface area contributed by atoms with Crippen LogP contribution in [-0.4, -0.2) is 7.11 Å². The number of methoxy groups -OCH3 is 1. The Morgan fingerprint density at radius 1 is 1.15 bits per heavy atom. The van der Waals surface area contributed by atoms with E-state index in [1.807, 2.05) is 18.2 Å². The molecule has 0 aromatic heterocycles. The van der Waals surface area contributed by atoms with Gasteiger partial charge in [-0.05, 0) is 31.0 Å². The molecule has 0 spiro atoms. The quantitative estimate of drug-likeness (QED) is 0.663. The summed E-state index contributed by atoms with van der Waals surface area (Å²) < 4.78 is 6.53. The SMILES string of the molecule is COc1ccc(C)cc1C(NN)c1cccc(C)c1Br. The molecule has 20 heavy (non-hydrogen) atoms. The first-order valence-corrected chi connectivity index (χ1v) is 7.23. The number of hydrazine groups is 1. The van der Waals surface area contributed by atoms with Crippen LogP contribution in [0, 0.1) is 13.8 Å². The van der Waals surface area contributed by atoms with Crippen LogP contribution >= 0.6 is 15.9 Å². The van der Waals surface area contributed by atoms with Gasteiger partial charge in [-0.15, -0.1) is 0 Å². The molecule has 2 aromatic rings. The third kappa shape index (κ3) is 2.87. The monoisotopic (exact) mass is 334 g/mol. The van der Waals surface area contributed by atoms with Gasteiger partial charge in [0.05, 0.1) is 13.2 Å². The van der Waals surface area contributed by atoms with Crippen LogP contribution in [0.25, 0.3) is 0 Å². The van der Waals surface area contributed by atoms with Crippen molar-refractivity contribution >= 4 is 15.9 Å². The molecule has 1 unspecified atom stereocenters. The molecule has 0 bridgehead atoms. The molecule has 0 saturated heterocycles. The first kappa shape index (κ1) is 15.0. The highest BCUT2D eigenvalue weighted by Gasteiger charge is 2.20. The number of hydrogen-bond donors (Lipinski definition) is 2. The molecule has 2 aromatic carbocycles. The van der Waals surface area contributed by atoms with Gasteiger partial charge in [0.2, 0.25) is 0 Å². The lowest BCUT2D eigenvalue weighted by Crippen LogP contribution is -2.29. The molecule has 0 amide bonds. The molecule has 0 fully saturated rings. The van der Waals surface area contributed by atoms with E-state index in [9.17, 15) is 0 Å². The standard InChI is InChI=1S/C16H19BrN2O/c1-10-7-8-14(20-3)13(9-10)16(19-18)12-6-4-5-11(2)15(12)17/h4-9,16,19H,18H2,1-3H3. The van der Waals surface area contributed by atoms with Crippen molar-refractivity contribution in [2.45, 2.75) is 19.9 Å². The second kappa shape index (κ2) is 6.39. The van der Waals surface area contributed by atoms with Gasteiger partial charge in [-0.3, -0.25) is 5.84 Å². The number of halogens is 1. The van der Waals surface area contributed by atoms with Gasteiger partial charge in [0.25, 0.3) is 0 Å². The minimum absolute atomic E-state index is 0.126. The summed E-state index contributed by atoms with van der Waals surface area (Å²) in [6, 6.07) is 12.1. The van der Waals surface area contributed by atoms with Crippen molar-refractivity contribution in [2.75, 3.05) is 7.11 Å². The zero-order chi connectivity index (χ0) is 14.7. The summed E-state index contributed by atoms with van der Waals surface area (Å²) in [4.78, 5) is 0. The molecule has 106 valence electrons. The first-order valence-electron chi connectivity index (χ1n) is 6.44. The summed E-state index contributed by atoms with van der Waals surface area (Å²) >= 11 is 3.65. The molecule has 2 rings (SSSR count). The number of nitrogens with one attached hydrogen (secondary N) is 1. The molecule has 0 heterocycles. The zero-order valence-electron chi connectivity index (χ0n) is 11.9. The minimum Gasteiger partial charge on any atom is -0.496 e. The Morgan fingerprint density at radius 2 is 1.90 bits per heavy atom. The van der Waals surface area contributed by atoms with Crippen LogP contribution in [0.15, 0.2) is 40.9 Å². The fourth-order valence-corrected chi connectivity index (χ4v) is 2.81. The molecular weight excluding hydrogens is 316 g/mol. The van der Waals surface area contributed by atoms with E-state index in [2.05, 4.69) is 53.4 Å². The maximum atomic E-state index is 5.80. The average molecular weight is 335 g/mol. The van der Waals surface area contributed by atoms with Crippen molar-refractivity contribution in [2.24, 2.45) is 5.84 Å². The number of benzene rings is 2. The number of nitrogens with two attached hydrogens (primary N) is 1. The Labute approximate surface area is 128 Å². The minimum atomic E-state index is -0.126. The van der Waals surface area contributed by atoms with E-state index in [4.69, 9.17) is 10.6 Å². The molecule has 3 N–H and O–H groups in total. The fraction of sp³-hybridized carbons (Fsp3) is 0.250. The number of ether oxygens (including phenoxy) is 1. The summed E-state index contributed by atoms with van der Waals surface area (Å²) in [6.07, 6.45) is 0. The Hall–Kier alpha value is -1.36. The van der Waals surface area contributed by atoms with Crippen LogP contribution in [0.2, 0.25) is 0 Å². The molecule has 3 nitrogen and oxygen atoms in total. The van der Waals surface area contributed by atoms with Gasteiger partial charge in [-0.1, -0.05) is 51.8 Å². The summed E-state index contributed by atoms with van der Waals surface area (Å²) in [5, 5.41) is 0. The van der Waals surface area contributed by atoms with Crippen molar-refractivity contribution in [3.8, 4) is 5.75 Å². The lowest BCUT2D eigenvalue weighted by Gasteiger charge is -2.22. The van der Waals surface area contributed by atoms with E-state index < -0.39 is 0 Å². The van der Waals surface area contributed by atoms with Crippen LogP contribution < -0.4 is 16.0 Å². The molecule has 0 aliphatic rings. The van der Waals surface area contributed by atoms with Crippen molar-refractivity contribution in [1.29, 1.82) is 0 Å². The highest BCUT2D eigenvalue weighted by molar-refractivity contribution is 9.10. The average Bonchev–Trinajstić information content (AvgIpc) is 2.44. The van der Waals surface area contributed by atoms with Crippen molar-refractivity contribution in [3.63, 3.8) is 0 Å². The number of rotatable bonds is 4. The maximum Gasteiger partial charge on any atom is 0.124 e. The fourth-order valence-electron chi connectivity index (χ4n) is 2.32. The van der Waals surface area contributed by atoms with Crippen LogP contribution in [-0.2, 0) is 0 Å². The van der Waals surface area contributed by atoms with E-state index in [-0.39, 0.29) is 6.04 Å². The summed E-state index contributed by atoms with van der Waals surface area (Å²) in [5.41, 5.74) is 7.36. The van der Waals surface area contributed by atoms with Crippen LogP contribution in [0.1, 0.15) is 28.3 Å². The van der Waals surface area contributed by atoms with E-state index in [1.165, 1.54) is 11.1 Å². The predicted molar refractivity (Wildman–Crippen MR) is 85.8 cm³/mol. The van der Waals surface area contributed by atoms with E-state index in [1.54, 1.807) is 7.11 Å². The second-order valence-corrected chi connectivity index (χ2v) is 5.62. The van der Waals surface area contributed by atoms with Gasteiger partial charge in [0.1, 0.15) is 5.75 Å². The highest BCUT2D eigenvalue weighted by Crippen LogP contribution is 2.35. The number of hydrogen-bond acceptors (Lipinski definition) is 3. The largest absolute Gasteiger partial charge is 0.496 e. The molecule has 1 atom stereocenters. The van der Waals surface area contributed by atoms with Gasteiger partial charge >= 0.3 is 0 Å². The van der Waals surface area contributed by atoms with Gasteiger partial charge in [-0.2, -0.15) is 0 Å². The molecule has 0 saturated carbocycles. The van der Waals surface area contributed by atoms with Crippen LogP contribution in [0.4, 0.5) is 0 Å². The van der Waals surface area contributed by atoms with Gasteiger partial charge in [0.15, 0.2) is 0 Å². The van der Waals surface area contributed by atoms with Crippen LogP contribution in [0.3, 0.4) is 0 Å². The van der Waals surface area contributed by atoms with Crippen molar-refractivity contribution < 1.29 is 4.74 Å². The van der Waals surface area contributed by atoms with E-state index in [0.29, 0.717) is 0 Å². The Balaban J connectivity index is 2.58. The lowest BCUT2D eigenvalue weighted by molar-refractivity contribution is 0.404. The van der Waals surface area contributed by atoms with Crippen LogP contribution in [0.5, 0.6) is 5.75 Å². The normalized spacial score (nSPS) is 12.2. The van der Waals surface area contributed by atoms with Crippen molar-refractivity contribution in [1.82, 2.24) is 5.43 Å². The van der Waals surface area contributed by atoms with Gasteiger partial charge in [-0.25, -0.2) is 5.43 Å². The van der Waals surface area contributed by atoms with Gasteiger partial charge in [0, 0.05) is 10.0 Å². The van der Waals surface area contributed by atoms with E-state index >= 15 is 0 Å². The smallest absolute Gasteiger partial charge is 0.124 e.